The lowest BCUT2D eigenvalue weighted by atomic mass is 10.1. The van der Waals surface area contributed by atoms with Crippen molar-refractivity contribution in [1.82, 2.24) is 10.2 Å². The van der Waals surface area contributed by atoms with Gasteiger partial charge in [-0.2, -0.15) is 10.2 Å². The van der Waals surface area contributed by atoms with E-state index in [9.17, 15) is 0 Å². The molecule has 0 aliphatic heterocycles. The summed E-state index contributed by atoms with van der Waals surface area (Å²) in [5.74, 6) is 0.661. The summed E-state index contributed by atoms with van der Waals surface area (Å²) in [4.78, 5) is 0. The molecule has 0 saturated carbocycles. The SMILES string of the molecule is Cc1ccc(/C=N/Nc2nncc3ccccc23)c(C)c1. The van der Waals surface area contributed by atoms with Gasteiger partial charge in [-0.25, -0.2) is 0 Å². The average molecular weight is 276 g/mol. The van der Waals surface area contributed by atoms with Crippen LogP contribution in [-0.4, -0.2) is 16.4 Å². The molecule has 0 aliphatic rings. The van der Waals surface area contributed by atoms with E-state index in [1.54, 1.807) is 12.4 Å². The molecule has 0 radical (unpaired) electrons. The van der Waals surface area contributed by atoms with Crippen molar-refractivity contribution in [3.05, 3.63) is 65.4 Å². The standard InChI is InChI=1S/C17H16N4/c1-12-7-8-14(13(2)9-12)10-18-20-17-16-6-4-3-5-15(16)11-19-21-17/h3-11H,1-2H3,(H,20,21)/b18-10+. The van der Waals surface area contributed by atoms with Crippen molar-refractivity contribution in [2.45, 2.75) is 13.8 Å². The average Bonchev–Trinajstić information content (AvgIpc) is 2.50. The van der Waals surface area contributed by atoms with Gasteiger partial charge >= 0.3 is 0 Å². The monoisotopic (exact) mass is 276 g/mol. The molecule has 0 amide bonds. The van der Waals surface area contributed by atoms with E-state index in [0.29, 0.717) is 5.82 Å². The molecule has 0 spiro atoms. The van der Waals surface area contributed by atoms with Crippen LogP contribution in [0.4, 0.5) is 5.82 Å². The Kier molecular flexibility index (Phi) is 3.60. The van der Waals surface area contributed by atoms with Crippen molar-refractivity contribution in [3.63, 3.8) is 0 Å². The van der Waals surface area contributed by atoms with E-state index in [1.165, 1.54) is 11.1 Å². The Hall–Kier alpha value is -2.75. The third kappa shape index (κ3) is 2.89. The zero-order valence-corrected chi connectivity index (χ0v) is 12.0. The Morgan fingerprint density at radius 1 is 1.10 bits per heavy atom. The van der Waals surface area contributed by atoms with Crippen LogP contribution in [0.3, 0.4) is 0 Å². The summed E-state index contributed by atoms with van der Waals surface area (Å²) in [6.07, 6.45) is 3.55. The van der Waals surface area contributed by atoms with Crippen LogP contribution in [0.1, 0.15) is 16.7 Å². The van der Waals surface area contributed by atoms with Crippen LogP contribution in [-0.2, 0) is 0 Å². The lowest BCUT2D eigenvalue weighted by Gasteiger charge is -2.04. The van der Waals surface area contributed by atoms with E-state index in [0.717, 1.165) is 16.3 Å². The van der Waals surface area contributed by atoms with Gasteiger partial charge in [-0.05, 0) is 25.0 Å². The van der Waals surface area contributed by atoms with E-state index < -0.39 is 0 Å². The number of rotatable bonds is 3. The maximum atomic E-state index is 4.27. The highest BCUT2D eigenvalue weighted by Gasteiger charge is 2.01. The number of nitrogens with one attached hydrogen (secondary N) is 1. The minimum atomic E-state index is 0.661. The minimum absolute atomic E-state index is 0.661. The Labute approximate surface area is 123 Å². The van der Waals surface area contributed by atoms with Gasteiger partial charge in [-0.1, -0.05) is 48.0 Å². The third-order valence-corrected chi connectivity index (χ3v) is 3.37. The van der Waals surface area contributed by atoms with E-state index in [2.05, 4.69) is 52.8 Å². The molecule has 3 aromatic rings. The number of hydrazone groups is 1. The molecule has 0 bridgehead atoms. The summed E-state index contributed by atoms with van der Waals surface area (Å²) < 4.78 is 0. The quantitative estimate of drug-likeness (QED) is 0.586. The fourth-order valence-corrected chi connectivity index (χ4v) is 2.24. The number of hydrogen-bond acceptors (Lipinski definition) is 4. The van der Waals surface area contributed by atoms with Crippen molar-refractivity contribution in [1.29, 1.82) is 0 Å². The molecule has 21 heavy (non-hydrogen) atoms. The highest BCUT2D eigenvalue weighted by Crippen LogP contribution is 2.19. The summed E-state index contributed by atoms with van der Waals surface area (Å²) in [6.45, 7) is 4.16. The Balaban J connectivity index is 1.84. The molecule has 104 valence electrons. The maximum Gasteiger partial charge on any atom is 0.176 e. The van der Waals surface area contributed by atoms with Crippen LogP contribution in [0.2, 0.25) is 0 Å². The number of fused-ring (bicyclic) bond motifs is 1. The number of aryl methyl sites for hydroxylation is 2. The Morgan fingerprint density at radius 3 is 2.81 bits per heavy atom. The number of aromatic nitrogens is 2. The molecular formula is C17H16N4. The van der Waals surface area contributed by atoms with Crippen LogP contribution in [0, 0.1) is 13.8 Å². The Morgan fingerprint density at radius 2 is 1.95 bits per heavy atom. The fraction of sp³-hybridized carbons (Fsp3) is 0.118. The lowest BCUT2D eigenvalue weighted by Crippen LogP contribution is -1.97. The molecule has 0 saturated heterocycles. The second-order valence-electron chi connectivity index (χ2n) is 5.01. The highest BCUT2D eigenvalue weighted by molar-refractivity contribution is 5.91. The van der Waals surface area contributed by atoms with Crippen LogP contribution < -0.4 is 5.43 Å². The van der Waals surface area contributed by atoms with Gasteiger partial charge in [0.05, 0.1) is 12.4 Å². The van der Waals surface area contributed by atoms with Gasteiger partial charge in [0, 0.05) is 10.8 Å². The molecule has 3 rings (SSSR count). The second-order valence-corrected chi connectivity index (χ2v) is 5.01. The van der Waals surface area contributed by atoms with E-state index in [1.807, 2.05) is 24.3 Å². The van der Waals surface area contributed by atoms with Gasteiger partial charge < -0.3 is 0 Å². The zero-order valence-electron chi connectivity index (χ0n) is 12.0. The van der Waals surface area contributed by atoms with Crippen molar-refractivity contribution in [2.75, 3.05) is 5.43 Å². The van der Waals surface area contributed by atoms with Gasteiger partial charge in [0.15, 0.2) is 5.82 Å². The first-order valence-corrected chi connectivity index (χ1v) is 6.81. The van der Waals surface area contributed by atoms with Gasteiger partial charge in [-0.15, -0.1) is 5.10 Å². The molecule has 1 aromatic heterocycles. The van der Waals surface area contributed by atoms with Gasteiger partial charge in [0.2, 0.25) is 0 Å². The Bertz CT molecular complexity index is 803. The van der Waals surface area contributed by atoms with Crippen molar-refractivity contribution in [3.8, 4) is 0 Å². The van der Waals surface area contributed by atoms with Crippen LogP contribution in [0.15, 0.2) is 53.8 Å². The van der Waals surface area contributed by atoms with E-state index in [-0.39, 0.29) is 0 Å². The molecule has 0 fully saturated rings. The molecule has 2 aromatic carbocycles. The lowest BCUT2D eigenvalue weighted by molar-refractivity contribution is 1.04. The smallest absolute Gasteiger partial charge is 0.176 e. The van der Waals surface area contributed by atoms with Crippen LogP contribution in [0.25, 0.3) is 10.8 Å². The summed E-state index contributed by atoms with van der Waals surface area (Å²) in [6, 6.07) is 14.2. The number of hydrogen-bond donors (Lipinski definition) is 1. The molecule has 0 unspecified atom stereocenters. The van der Waals surface area contributed by atoms with Crippen molar-refractivity contribution >= 4 is 22.8 Å². The summed E-state index contributed by atoms with van der Waals surface area (Å²) >= 11 is 0. The number of nitrogens with zero attached hydrogens (tertiary/aromatic N) is 3. The molecule has 4 nitrogen and oxygen atoms in total. The third-order valence-electron chi connectivity index (χ3n) is 3.37. The first kappa shape index (κ1) is 13.2. The van der Waals surface area contributed by atoms with E-state index >= 15 is 0 Å². The first-order chi connectivity index (χ1) is 10.2. The normalized spacial score (nSPS) is 11.1. The van der Waals surface area contributed by atoms with Gasteiger partial charge in [0.25, 0.3) is 0 Å². The van der Waals surface area contributed by atoms with Crippen molar-refractivity contribution in [2.24, 2.45) is 5.10 Å². The van der Waals surface area contributed by atoms with Gasteiger partial charge in [-0.3, -0.25) is 5.43 Å². The molecule has 4 heteroatoms. The molecule has 0 aliphatic carbocycles. The van der Waals surface area contributed by atoms with Gasteiger partial charge in [0.1, 0.15) is 0 Å². The topological polar surface area (TPSA) is 50.2 Å². The molecule has 1 heterocycles. The number of benzene rings is 2. The maximum absolute atomic E-state index is 4.27. The summed E-state index contributed by atoms with van der Waals surface area (Å²) in [5.41, 5.74) is 6.50. The zero-order chi connectivity index (χ0) is 14.7. The highest BCUT2D eigenvalue weighted by atomic mass is 15.3. The number of anilines is 1. The van der Waals surface area contributed by atoms with Crippen LogP contribution in [0.5, 0.6) is 0 Å². The summed E-state index contributed by atoms with van der Waals surface area (Å²) in [7, 11) is 0. The minimum Gasteiger partial charge on any atom is -0.259 e. The first-order valence-electron chi connectivity index (χ1n) is 6.81. The second kappa shape index (κ2) is 5.71. The molecule has 1 N–H and O–H groups in total. The fourth-order valence-electron chi connectivity index (χ4n) is 2.24. The van der Waals surface area contributed by atoms with Crippen LogP contribution >= 0.6 is 0 Å². The summed E-state index contributed by atoms with van der Waals surface area (Å²) in [5, 5.41) is 14.4. The predicted octanol–water partition coefficient (Wildman–Crippen LogP) is 3.69. The molecule has 0 atom stereocenters. The predicted molar refractivity (Wildman–Crippen MR) is 86.7 cm³/mol. The molecular weight excluding hydrogens is 260 g/mol. The van der Waals surface area contributed by atoms with Crippen molar-refractivity contribution < 1.29 is 0 Å². The largest absolute Gasteiger partial charge is 0.259 e. The van der Waals surface area contributed by atoms with E-state index in [4.69, 9.17) is 0 Å².